The van der Waals surface area contributed by atoms with E-state index in [1.54, 1.807) is 6.08 Å². The van der Waals surface area contributed by atoms with Gasteiger partial charge in [0.25, 0.3) is 0 Å². The Morgan fingerprint density at radius 2 is 2.00 bits per heavy atom. The Labute approximate surface area is 59.8 Å². The molecule has 0 N–H and O–H groups in total. The Morgan fingerprint density at radius 3 is 2.38 bits per heavy atom. The molecule has 0 aromatic heterocycles. The molecule has 0 aromatic rings. The second-order valence-corrected chi connectivity index (χ2v) is 2.04. The summed E-state index contributed by atoms with van der Waals surface area (Å²) in [5.41, 5.74) is 1.41. The molecular weight excluding hydrogens is 143 g/mol. The van der Waals surface area contributed by atoms with Crippen molar-refractivity contribution in [2.24, 2.45) is 0 Å². The van der Waals surface area contributed by atoms with Crippen LogP contribution in [0.25, 0.3) is 0 Å². The van der Waals surface area contributed by atoms with Gasteiger partial charge in [-0.3, -0.25) is 0 Å². The van der Waals surface area contributed by atoms with E-state index in [0.717, 1.165) is 0 Å². The van der Waals surface area contributed by atoms with E-state index in [1.165, 1.54) is 5.54 Å². The SMILES string of the molecule is CC=CC(Cl)C=CCl. The van der Waals surface area contributed by atoms with Gasteiger partial charge in [-0.2, -0.15) is 0 Å². The zero-order valence-electron chi connectivity index (χ0n) is 4.64. The Kier molecular flexibility index (Phi) is 5.24. The van der Waals surface area contributed by atoms with Crippen LogP contribution in [0, 0.1) is 0 Å². The molecule has 0 radical (unpaired) electrons. The average Bonchev–Trinajstić information content (AvgIpc) is 1.68. The van der Waals surface area contributed by atoms with E-state index >= 15 is 0 Å². The number of alkyl halides is 1. The highest BCUT2D eigenvalue weighted by Crippen LogP contribution is 1.99. The van der Waals surface area contributed by atoms with E-state index < -0.39 is 0 Å². The lowest BCUT2D eigenvalue weighted by Gasteiger charge is -1.88. The minimum Gasteiger partial charge on any atom is -0.114 e. The highest BCUT2D eigenvalue weighted by molar-refractivity contribution is 6.27. The number of hydrogen-bond donors (Lipinski definition) is 0. The average molecular weight is 151 g/mol. The normalized spacial score (nSPS) is 15.9. The van der Waals surface area contributed by atoms with E-state index in [1.807, 2.05) is 19.1 Å². The van der Waals surface area contributed by atoms with Crippen molar-refractivity contribution in [2.75, 3.05) is 0 Å². The van der Waals surface area contributed by atoms with Gasteiger partial charge < -0.3 is 0 Å². The van der Waals surface area contributed by atoms with Crippen LogP contribution >= 0.6 is 23.2 Å². The van der Waals surface area contributed by atoms with Crippen LogP contribution in [0.5, 0.6) is 0 Å². The lowest BCUT2D eigenvalue weighted by Crippen LogP contribution is -1.82. The molecule has 0 spiro atoms. The zero-order valence-corrected chi connectivity index (χ0v) is 6.15. The first-order valence-corrected chi connectivity index (χ1v) is 3.22. The highest BCUT2D eigenvalue weighted by Gasteiger charge is 1.86. The topological polar surface area (TPSA) is 0 Å². The summed E-state index contributed by atoms with van der Waals surface area (Å²) in [5, 5.41) is -0.0579. The fraction of sp³-hybridized carbons (Fsp3) is 0.333. The maximum atomic E-state index is 5.62. The van der Waals surface area contributed by atoms with Gasteiger partial charge in [0.1, 0.15) is 0 Å². The fourth-order valence-corrected chi connectivity index (χ4v) is 0.767. The van der Waals surface area contributed by atoms with Crippen LogP contribution in [-0.2, 0) is 0 Å². The summed E-state index contributed by atoms with van der Waals surface area (Å²) in [6.45, 7) is 1.91. The monoisotopic (exact) mass is 150 g/mol. The van der Waals surface area contributed by atoms with Crippen LogP contribution in [0.15, 0.2) is 23.8 Å². The van der Waals surface area contributed by atoms with Crippen molar-refractivity contribution in [3.8, 4) is 0 Å². The quantitative estimate of drug-likeness (QED) is 0.420. The molecular formula is C6H8Cl2. The van der Waals surface area contributed by atoms with E-state index in [4.69, 9.17) is 23.2 Å². The maximum absolute atomic E-state index is 5.62. The van der Waals surface area contributed by atoms with Crippen molar-refractivity contribution in [3.05, 3.63) is 23.8 Å². The Morgan fingerprint density at radius 1 is 1.38 bits per heavy atom. The third-order valence-electron chi connectivity index (χ3n) is 0.633. The molecule has 0 aliphatic carbocycles. The summed E-state index contributed by atoms with van der Waals surface area (Å²) >= 11 is 10.9. The van der Waals surface area contributed by atoms with Gasteiger partial charge in [0.05, 0.1) is 5.38 Å². The van der Waals surface area contributed by atoms with E-state index in [2.05, 4.69) is 0 Å². The van der Waals surface area contributed by atoms with E-state index in [-0.39, 0.29) is 5.38 Å². The molecule has 46 valence electrons. The molecule has 0 saturated carbocycles. The second-order valence-electron chi connectivity index (χ2n) is 1.29. The number of allylic oxidation sites excluding steroid dienone is 3. The summed E-state index contributed by atoms with van der Waals surface area (Å²) in [4.78, 5) is 0. The Bertz CT molecular complexity index is 82.7. The smallest absolute Gasteiger partial charge is 0.0708 e. The first-order valence-electron chi connectivity index (χ1n) is 2.35. The summed E-state index contributed by atoms with van der Waals surface area (Å²) in [6, 6.07) is 0. The van der Waals surface area contributed by atoms with Crippen molar-refractivity contribution in [1.29, 1.82) is 0 Å². The Balaban J connectivity index is 3.47. The summed E-state index contributed by atoms with van der Waals surface area (Å²) in [7, 11) is 0. The van der Waals surface area contributed by atoms with Gasteiger partial charge in [-0.25, -0.2) is 0 Å². The predicted octanol–water partition coefficient (Wildman–Crippen LogP) is 2.92. The van der Waals surface area contributed by atoms with Crippen LogP contribution in [0.2, 0.25) is 0 Å². The van der Waals surface area contributed by atoms with Crippen molar-refractivity contribution in [2.45, 2.75) is 12.3 Å². The fourth-order valence-electron chi connectivity index (χ4n) is 0.317. The molecule has 0 fully saturated rings. The molecule has 8 heavy (non-hydrogen) atoms. The molecule has 0 aliphatic heterocycles. The molecule has 0 aromatic carbocycles. The maximum Gasteiger partial charge on any atom is 0.0708 e. The molecule has 1 atom stereocenters. The van der Waals surface area contributed by atoms with Gasteiger partial charge >= 0.3 is 0 Å². The molecule has 0 rings (SSSR count). The van der Waals surface area contributed by atoms with Crippen LogP contribution in [0.3, 0.4) is 0 Å². The highest BCUT2D eigenvalue weighted by atomic mass is 35.5. The van der Waals surface area contributed by atoms with Gasteiger partial charge in [0.15, 0.2) is 0 Å². The largest absolute Gasteiger partial charge is 0.114 e. The third kappa shape index (κ3) is 4.23. The molecule has 2 heteroatoms. The molecule has 0 bridgehead atoms. The molecule has 0 heterocycles. The molecule has 0 aliphatic rings. The number of halogens is 2. The number of hydrogen-bond acceptors (Lipinski definition) is 0. The first-order chi connectivity index (χ1) is 3.81. The standard InChI is InChI=1S/C6H8Cl2/c1-2-3-6(8)4-5-7/h2-6H,1H3. The summed E-state index contributed by atoms with van der Waals surface area (Å²) < 4.78 is 0. The summed E-state index contributed by atoms with van der Waals surface area (Å²) in [6.07, 6.45) is 5.43. The van der Waals surface area contributed by atoms with Crippen molar-refractivity contribution < 1.29 is 0 Å². The van der Waals surface area contributed by atoms with Gasteiger partial charge in [-0.05, 0) is 6.92 Å². The van der Waals surface area contributed by atoms with E-state index in [9.17, 15) is 0 Å². The minimum absolute atomic E-state index is 0.0579. The molecule has 0 nitrogen and oxygen atoms in total. The minimum atomic E-state index is -0.0579. The van der Waals surface area contributed by atoms with Crippen molar-refractivity contribution >= 4 is 23.2 Å². The molecule has 0 saturated heterocycles. The van der Waals surface area contributed by atoms with Crippen molar-refractivity contribution in [1.82, 2.24) is 0 Å². The van der Waals surface area contributed by atoms with E-state index in [0.29, 0.717) is 0 Å². The Hall–Kier alpha value is 0.0600. The predicted molar refractivity (Wildman–Crippen MR) is 39.4 cm³/mol. The van der Waals surface area contributed by atoms with Crippen LogP contribution < -0.4 is 0 Å². The summed E-state index contributed by atoms with van der Waals surface area (Å²) in [5.74, 6) is 0. The number of rotatable bonds is 2. The van der Waals surface area contributed by atoms with Gasteiger partial charge in [0, 0.05) is 5.54 Å². The zero-order chi connectivity index (χ0) is 6.41. The molecule has 1 unspecified atom stereocenters. The van der Waals surface area contributed by atoms with Crippen LogP contribution in [0.1, 0.15) is 6.92 Å². The van der Waals surface area contributed by atoms with Gasteiger partial charge in [-0.1, -0.05) is 29.8 Å². The second kappa shape index (κ2) is 5.20. The lowest BCUT2D eigenvalue weighted by atomic mass is 10.4. The molecule has 0 amide bonds. The van der Waals surface area contributed by atoms with Gasteiger partial charge in [0.2, 0.25) is 0 Å². The van der Waals surface area contributed by atoms with Crippen LogP contribution in [0.4, 0.5) is 0 Å². The van der Waals surface area contributed by atoms with Crippen molar-refractivity contribution in [3.63, 3.8) is 0 Å². The first kappa shape index (κ1) is 8.06. The van der Waals surface area contributed by atoms with Crippen LogP contribution in [-0.4, -0.2) is 5.38 Å². The third-order valence-corrected chi connectivity index (χ3v) is 1.07. The van der Waals surface area contributed by atoms with Gasteiger partial charge in [-0.15, -0.1) is 11.6 Å². The lowest BCUT2D eigenvalue weighted by molar-refractivity contribution is 1.39.